The molecule has 24 heavy (non-hydrogen) atoms. The predicted octanol–water partition coefficient (Wildman–Crippen LogP) is 2.92. The van der Waals surface area contributed by atoms with Crippen LogP contribution in [0.3, 0.4) is 0 Å². The lowest BCUT2D eigenvalue weighted by atomic mass is 9.83. The fraction of sp³-hybridized carbons (Fsp3) is 0.316. The molecule has 0 aromatic heterocycles. The van der Waals surface area contributed by atoms with Gasteiger partial charge >= 0.3 is 0 Å². The van der Waals surface area contributed by atoms with Crippen molar-refractivity contribution < 1.29 is 19.0 Å². The lowest BCUT2D eigenvalue weighted by Gasteiger charge is -2.24. The monoisotopic (exact) mass is 331 g/mol. The first-order chi connectivity index (χ1) is 11.4. The maximum Gasteiger partial charge on any atom is 0.230 e. The molecular weight excluding hydrogens is 309 g/mol. The van der Waals surface area contributed by atoms with Gasteiger partial charge in [-0.25, -0.2) is 4.39 Å². The normalized spacial score (nSPS) is 11.2. The van der Waals surface area contributed by atoms with E-state index < -0.39 is 11.2 Å². The molecule has 0 bridgehead atoms. The molecule has 5 heteroatoms. The average molecular weight is 331 g/mol. The summed E-state index contributed by atoms with van der Waals surface area (Å²) in [4.78, 5) is 12.5. The van der Waals surface area contributed by atoms with Crippen LogP contribution in [0.25, 0.3) is 0 Å². The molecule has 2 aromatic rings. The quantitative estimate of drug-likeness (QED) is 0.856. The Kier molecular flexibility index (Phi) is 5.57. The molecule has 0 saturated heterocycles. The summed E-state index contributed by atoms with van der Waals surface area (Å²) in [6, 6.07) is 11.8. The molecule has 0 fully saturated rings. The van der Waals surface area contributed by atoms with Crippen LogP contribution in [0.15, 0.2) is 42.5 Å². The van der Waals surface area contributed by atoms with Crippen LogP contribution in [0.4, 0.5) is 4.39 Å². The fourth-order valence-corrected chi connectivity index (χ4v) is 2.40. The zero-order valence-electron chi connectivity index (χ0n) is 14.1. The number of aliphatic hydroxyl groups is 1. The maximum absolute atomic E-state index is 13.4. The van der Waals surface area contributed by atoms with Crippen LogP contribution in [-0.4, -0.2) is 18.1 Å². The summed E-state index contributed by atoms with van der Waals surface area (Å²) in [5.74, 6) is 0.145. The Morgan fingerprint density at radius 3 is 2.46 bits per heavy atom. The maximum atomic E-state index is 13.4. The van der Waals surface area contributed by atoms with E-state index in [4.69, 9.17) is 9.84 Å². The molecule has 0 aliphatic heterocycles. The lowest BCUT2D eigenvalue weighted by Crippen LogP contribution is -2.39. The molecule has 4 nitrogen and oxygen atoms in total. The van der Waals surface area contributed by atoms with Gasteiger partial charge in [0.25, 0.3) is 0 Å². The summed E-state index contributed by atoms with van der Waals surface area (Å²) in [6.07, 6.45) is 0. The van der Waals surface area contributed by atoms with E-state index in [1.165, 1.54) is 6.07 Å². The first-order valence-corrected chi connectivity index (χ1v) is 7.69. The minimum Gasteiger partial charge on any atom is -0.497 e. The van der Waals surface area contributed by atoms with Gasteiger partial charge in [-0.2, -0.15) is 0 Å². The molecule has 128 valence electrons. The van der Waals surface area contributed by atoms with Crippen LogP contribution in [0.2, 0.25) is 0 Å². The minimum absolute atomic E-state index is 0.137. The summed E-state index contributed by atoms with van der Waals surface area (Å²) in [7, 11) is 1.59. The molecular formula is C19H22FNO3. The van der Waals surface area contributed by atoms with Crippen LogP contribution in [0.1, 0.15) is 30.5 Å². The molecule has 0 aliphatic carbocycles. The number of benzene rings is 2. The number of hydrogen-bond donors (Lipinski definition) is 2. The highest BCUT2D eigenvalue weighted by atomic mass is 19.1. The van der Waals surface area contributed by atoms with E-state index in [0.29, 0.717) is 0 Å². The Morgan fingerprint density at radius 1 is 1.21 bits per heavy atom. The summed E-state index contributed by atoms with van der Waals surface area (Å²) in [5.41, 5.74) is 1.11. The lowest BCUT2D eigenvalue weighted by molar-refractivity contribution is -0.125. The number of nitrogens with one attached hydrogen (secondary N) is 1. The van der Waals surface area contributed by atoms with E-state index in [-0.39, 0.29) is 24.6 Å². The molecule has 2 aromatic carbocycles. The number of carbonyl (C=O) groups is 1. The first kappa shape index (κ1) is 17.9. The van der Waals surface area contributed by atoms with Crippen molar-refractivity contribution in [1.82, 2.24) is 5.32 Å². The van der Waals surface area contributed by atoms with Gasteiger partial charge in [-0.3, -0.25) is 4.79 Å². The highest BCUT2D eigenvalue weighted by Crippen LogP contribution is 2.25. The van der Waals surface area contributed by atoms with Crippen molar-refractivity contribution in [2.24, 2.45) is 0 Å². The van der Waals surface area contributed by atoms with Gasteiger partial charge in [0, 0.05) is 12.1 Å². The highest BCUT2D eigenvalue weighted by Gasteiger charge is 2.29. The van der Waals surface area contributed by atoms with Crippen LogP contribution in [0, 0.1) is 5.82 Å². The topological polar surface area (TPSA) is 58.6 Å². The fourth-order valence-electron chi connectivity index (χ4n) is 2.40. The van der Waals surface area contributed by atoms with Crippen molar-refractivity contribution in [3.05, 3.63) is 65.0 Å². The molecule has 1 amide bonds. The number of aliphatic hydroxyl groups excluding tert-OH is 1. The van der Waals surface area contributed by atoms with Crippen LogP contribution in [0.5, 0.6) is 5.75 Å². The number of amides is 1. The van der Waals surface area contributed by atoms with Crippen molar-refractivity contribution >= 4 is 5.91 Å². The SMILES string of the molecule is COc1ccc(C(C)(C)C(=O)NCc2ccc(F)c(CO)c2)cc1. The zero-order valence-corrected chi connectivity index (χ0v) is 14.1. The second-order valence-corrected chi connectivity index (χ2v) is 6.12. The van der Waals surface area contributed by atoms with Gasteiger partial charge in [-0.1, -0.05) is 18.2 Å². The van der Waals surface area contributed by atoms with Crippen molar-refractivity contribution in [3.8, 4) is 5.75 Å². The van der Waals surface area contributed by atoms with Crippen LogP contribution < -0.4 is 10.1 Å². The number of carbonyl (C=O) groups excluding carboxylic acids is 1. The Balaban J connectivity index is 2.07. The third kappa shape index (κ3) is 3.92. The molecule has 0 unspecified atom stereocenters. The number of rotatable bonds is 6. The van der Waals surface area contributed by atoms with E-state index in [9.17, 15) is 9.18 Å². The Hall–Kier alpha value is -2.40. The number of methoxy groups -OCH3 is 1. The standard InChI is InChI=1S/C19H22FNO3/c1-19(2,15-5-7-16(24-3)8-6-15)18(23)21-11-13-4-9-17(20)14(10-13)12-22/h4-10,22H,11-12H2,1-3H3,(H,21,23). The summed E-state index contributed by atoms with van der Waals surface area (Å²) in [6.45, 7) is 3.58. The molecule has 0 saturated carbocycles. The van der Waals surface area contributed by atoms with Gasteiger partial charge in [-0.05, 0) is 49.2 Å². The van der Waals surface area contributed by atoms with E-state index in [1.807, 2.05) is 38.1 Å². The minimum atomic E-state index is -0.716. The molecule has 2 N–H and O–H groups in total. The Labute approximate surface area is 141 Å². The van der Waals surface area contributed by atoms with Gasteiger partial charge in [0.1, 0.15) is 11.6 Å². The predicted molar refractivity (Wildman–Crippen MR) is 90.2 cm³/mol. The largest absolute Gasteiger partial charge is 0.497 e. The average Bonchev–Trinajstić information content (AvgIpc) is 2.60. The number of ether oxygens (including phenoxy) is 1. The molecule has 0 atom stereocenters. The van der Waals surface area contributed by atoms with Crippen LogP contribution >= 0.6 is 0 Å². The van der Waals surface area contributed by atoms with Crippen molar-refractivity contribution in [2.75, 3.05) is 7.11 Å². The zero-order chi connectivity index (χ0) is 17.7. The summed E-state index contributed by atoms with van der Waals surface area (Å²) < 4.78 is 18.5. The van der Waals surface area contributed by atoms with Crippen LogP contribution in [-0.2, 0) is 23.4 Å². The van der Waals surface area contributed by atoms with Gasteiger partial charge in [0.2, 0.25) is 5.91 Å². The molecule has 2 rings (SSSR count). The summed E-state index contributed by atoms with van der Waals surface area (Å²) in [5, 5.41) is 12.0. The van der Waals surface area contributed by atoms with Gasteiger partial charge in [-0.15, -0.1) is 0 Å². The van der Waals surface area contributed by atoms with Crippen molar-refractivity contribution in [1.29, 1.82) is 0 Å². The molecule has 0 aliphatic rings. The molecule has 0 radical (unpaired) electrons. The second-order valence-electron chi connectivity index (χ2n) is 6.12. The second kappa shape index (κ2) is 7.45. The third-order valence-electron chi connectivity index (χ3n) is 4.11. The van der Waals surface area contributed by atoms with E-state index >= 15 is 0 Å². The van der Waals surface area contributed by atoms with Gasteiger partial charge < -0.3 is 15.2 Å². The van der Waals surface area contributed by atoms with Crippen molar-refractivity contribution in [3.63, 3.8) is 0 Å². The third-order valence-corrected chi connectivity index (χ3v) is 4.11. The van der Waals surface area contributed by atoms with Gasteiger partial charge in [0.15, 0.2) is 0 Å². The molecule has 0 heterocycles. The van der Waals surface area contributed by atoms with E-state index in [2.05, 4.69) is 5.32 Å². The van der Waals surface area contributed by atoms with E-state index in [1.54, 1.807) is 19.2 Å². The summed E-state index contributed by atoms with van der Waals surface area (Å²) >= 11 is 0. The molecule has 0 spiro atoms. The van der Waals surface area contributed by atoms with Crippen molar-refractivity contribution in [2.45, 2.75) is 32.4 Å². The Bertz CT molecular complexity index is 711. The number of halogens is 1. The van der Waals surface area contributed by atoms with Gasteiger partial charge in [0.05, 0.1) is 19.1 Å². The Morgan fingerprint density at radius 2 is 1.88 bits per heavy atom. The first-order valence-electron chi connectivity index (χ1n) is 7.69. The number of hydrogen-bond acceptors (Lipinski definition) is 3. The smallest absolute Gasteiger partial charge is 0.230 e. The highest BCUT2D eigenvalue weighted by molar-refractivity contribution is 5.87. The van der Waals surface area contributed by atoms with E-state index in [0.717, 1.165) is 16.9 Å².